The molecule has 0 fully saturated rings. The zero-order valence-corrected chi connectivity index (χ0v) is 17.8. The lowest BCUT2D eigenvalue weighted by atomic mass is 10.0. The second-order valence-electron chi connectivity index (χ2n) is 8.08. The lowest BCUT2D eigenvalue weighted by Gasteiger charge is -2.22. The Kier molecular flexibility index (Phi) is 4.25. The van der Waals surface area contributed by atoms with E-state index >= 15 is 0 Å². The Labute approximate surface area is 194 Å². The Morgan fingerprint density at radius 1 is 0.735 bits per heavy atom. The molecule has 1 N–H and O–H groups in total. The Morgan fingerprint density at radius 3 is 1.91 bits per heavy atom. The first-order chi connectivity index (χ1) is 16.7. The van der Waals surface area contributed by atoms with Gasteiger partial charge < -0.3 is 9.67 Å². The summed E-state index contributed by atoms with van der Waals surface area (Å²) in [7, 11) is 0. The van der Waals surface area contributed by atoms with Crippen LogP contribution in [-0.4, -0.2) is 15.6 Å². The molecule has 6 nitrogen and oxygen atoms in total. The summed E-state index contributed by atoms with van der Waals surface area (Å²) >= 11 is 0. The largest absolute Gasteiger partial charge is 0.369 e. The van der Waals surface area contributed by atoms with E-state index in [0.29, 0.717) is 44.4 Å². The highest BCUT2D eigenvalue weighted by Crippen LogP contribution is 2.42. The van der Waals surface area contributed by atoms with Crippen LogP contribution in [0.1, 0.15) is 33.3 Å². The van der Waals surface area contributed by atoms with Crippen LogP contribution in [0.2, 0.25) is 0 Å². The van der Waals surface area contributed by atoms with Crippen LogP contribution in [0, 0.1) is 22.7 Å². The monoisotopic (exact) mass is 440 g/mol. The Morgan fingerprint density at radius 2 is 1.32 bits per heavy atom. The molecule has 1 aromatic heterocycles. The van der Waals surface area contributed by atoms with Crippen LogP contribution < -0.4 is 4.90 Å². The molecule has 1 amide bonds. The van der Waals surface area contributed by atoms with Gasteiger partial charge in [-0.3, -0.25) is 9.69 Å². The van der Waals surface area contributed by atoms with Crippen LogP contribution >= 0.6 is 0 Å². The summed E-state index contributed by atoms with van der Waals surface area (Å²) in [5, 5.41) is 32.3. The van der Waals surface area contributed by atoms with Gasteiger partial charge in [-0.05, 0) is 48.5 Å². The van der Waals surface area contributed by atoms with Gasteiger partial charge in [0.1, 0.15) is 0 Å². The average molecular weight is 440 g/mol. The minimum Gasteiger partial charge on any atom is -0.369 e. The van der Waals surface area contributed by atoms with E-state index in [1.54, 1.807) is 48.5 Å². The van der Waals surface area contributed by atoms with E-state index < -0.39 is 6.23 Å². The van der Waals surface area contributed by atoms with Gasteiger partial charge >= 0.3 is 0 Å². The number of para-hydroxylation sites is 1. The zero-order valence-electron chi connectivity index (χ0n) is 17.8. The SMILES string of the molecule is N#Cc1cccc2c1c1c(C#N)cccc1n2-c1cccc2c1C(O)N(c1ccccc1)C2=O. The number of hydrogen-bond acceptors (Lipinski definition) is 4. The van der Waals surface area contributed by atoms with Gasteiger partial charge in [-0.2, -0.15) is 10.5 Å². The molecule has 0 saturated heterocycles. The second-order valence-corrected chi connectivity index (χ2v) is 8.08. The van der Waals surface area contributed by atoms with Crippen molar-refractivity contribution in [2.75, 3.05) is 4.90 Å². The number of hydrogen-bond donors (Lipinski definition) is 1. The molecular formula is C28H16N4O2. The molecule has 0 bridgehead atoms. The van der Waals surface area contributed by atoms with Crippen molar-refractivity contribution in [3.8, 4) is 17.8 Å². The summed E-state index contributed by atoms with van der Waals surface area (Å²) in [6.07, 6.45) is -1.19. The maximum atomic E-state index is 13.3. The number of nitriles is 2. The van der Waals surface area contributed by atoms with Crippen LogP contribution in [0.3, 0.4) is 0 Å². The van der Waals surface area contributed by atoms with Crippen molar-refractivity contribution in [1.82, 2.24) is 4.57 Å². The molecule has 34 heavy (non-hydrogen) atoms. The highest BCUT2D eigenvalue weighted by Gasteiger charge is 2.39. The minimum absolute atomic E-state index is 0.285. The molecular weight excluding hydrogens is 424 g/mol. The first-order valence-electron chi connectivity index (χ1n) is 10.7. The molecule has 5 aromatic rings. The second kappa shape index (κ2) is 7.31. The highest BCUT2D eigenvalue weighted by atomic mass is 16.3. The van der Waals surface area contributed by atoms with Gasteiger partial charge in [-0.25, -0.2) is 0 Å². The van der Waals surface area contributed by atoms with Crippen LogP contribution in [0.25, 0.3) is 27.5 Å². The average Bonchev–Trinajstić information content (AvgIpc) is 3.36. The first-order valence-corrected chi connectivity index (χ1v) is 10.7. The predicted octanol–water partition coefficient (Wildman–Crippen LogP) is 5.18. The number of anilines is 1. The van der Waals surface area contributed by atoms with Gasteiger partial charge in [0.25, 0.3) is 5.91 Å². The Bertz CT molecular complexity index is 1650. The van der Waals surface area contributed by atoms with Crippen LogP contribution in [0.15, 0.2) is 84.9 Å². The third-order valence-electron chi connectivity index (χ3n) is 6.37. The predicted molar refractivity (Wildman–Crippen MR) is 128 cm³/mol. The van der Waals surface area contributed by atoms with Crippen molar-refractivity contribution in [3.63, 3.8) is 0 Å². The van der Waals surface area contributed by atoms with Crippen molar-refractivity contribution in [2.45, 2.75) is 6.23 Å². The summed E-state index contributed by atoms with van der Waals surface area (Å²) in [4.78, 5) is 14.7. The number of aliphatic hydroxyl groups is 1. The number of fused-ring (bicyclic) bond motifs is 4. The molecule has 0 spiro atoms. The molecule has 6 rings (SSSR count). The maximum Gasteiger partial charge on any atom is 0.261 e. The quantitative estimate of drug-likeness (QED) is 0.409. The molecule has 1 atom stereocenters. The van der Waals surface area contributed by atoms with Crippen LogP contribution in [0.4, 0.5) is 5.69 Å². The third kappa shape index (κ3) is 2.55. The van der Waals surface area contributed by atoms with Gasteiger partial charge in [0, 0.05) is 27.6 Å². The smallest absolute Gasteiger partial charge is 0.261 e. The molecule has 1 aliphatic rings. The molecule has 0 saturated carbocycles. The summed E-state index contributed by atoms with van der Waals surface area (Å²) in [6.45, 7) is 0. The number of aromatic nitrogens is 1. The van der Waals surface area contributed by atoms with Crippen molar-refractivity contribution < 1.29 is 9.90 Å². The van der Waals surface area contributed by atoms with Gasteiger partial charge in [0.05, 0.1) is 40.0 Å². The zero-order chi connectivity index (χ0) is 23.4. The first kappa shape index (κ1) is 19.8. The van der Waals surface area contributed by atoms with E-state index in [9.17, 15) is 20.4 Å². The molecule has 0 aliphatic carbocycles. The summed E-state index contributed by atoms with van der Waals surface area (Å²) < 4.78 is 1.93. The van der Waals surface area contributed by atoms with Gasteiger partial charge in [0.2, 0.25) is 0 Å². The fraction of sp³-hybridized carbons (Fsp3) is 0.0357. The van der Waals surface area contributed by atoms with Crippen molar-refractivity contribution in [1.29, 1.82) is 10.5 Å². The number of benzene rings is 4. The van der Waals surface area contributed by atoms with Crippen LogP contribution in [0.5, 0.6) is 0 Å². The van der Waals surface area contributed by atoms with E-state index in [-0.39, 0.29) is 5.91 Å². The van der Waals surface area contributed by atoms with Gasteiger partial charge in [0.15, 0.2) is 6.23 Å². The Balaban J connectivity index is 1.71. The van der Waals surface area contributed by atoms with Gasteiger partial charge in [-0.15, -0.1) is 0 Å². The van der Waals surface area contributed by atoms with E-state index in [4.69, 9.17) is 0 Å². The fourth-order valence-electron chi connectivity index (χ4n) is 4.98. The normalized spacial score (nSPS) is 14.9. The van der Waals surface area contributed by atoms with Crippen LogP contribution in [-0.2, 0) is 0 Å². The maximum absolute atomic E-state index is 13.3. The van der Waals surface area contributed by atoms with E-state index in [1.807, 2.05) is 41.0 Å². The standard InChI is InChI=1S/C28H16N4O2/c29-15-17-7-4-12-21-24(17)25-18(16-30)8-5-13-22(25)32(21)23-14-6-11-20-26(23)28(34)31(27(20)33)19-9-2-1-3-10-19/h1-14,28,34H. The molecule has 2 heterocycles. The topological polar surface area (TPSA) is 93.0 Å². The fourth-order valence-corrected chi connectivity index (χ4v) is 4.98. The molecule has 1 unspecified atom stereocenters. The van der Waals surface area contributed by atoms with Gasteiger partial charge in [-0.1, -0.05) is 36.4 Å². The van der Waals surface area contributed by atoms with E-state index in [0.717, 1.165) is 11.0 Å². The third-order valence-corrected chi connectivity index (χ3v) is 6.37. The molecule has 4 aromatic carbocycles. The molecule has 6 heteroatoms. The van der Waals surface area contributed by atoms with Crippen molar-refractivity contribution in [2.24, 2.45) is 0 Å². The molecule has 160 valence electrons. The highest BCUT2D eigenvalue weighted by molar-refractivity contribution is 6.15. The number of rotatable bonds is 2. The number of nitrogens with zero attached hydrogens (tertiary/aromatic N) is 4. The number of carbonyl (C=O) groups excluding carboxylic acids is 1. The summed E-state index contributed by atoms with van der Waals surface area (Å²) in [5.41, 5.74) is 4.49. The summed E-state index contributed by atoms with van der Waals surface area (Å²) in [6, 6.07) is 29.7. The lowest BCUT2D eigenvalue weighted by Crippen LogP contribution is -2.27. The van der Waals surface area contributed by atoms with E-state index in [1.165, 1.54) is 4.90 Å². The van der Waals surface area contributed by atoms with E-state index in [2.05, 4.69) is 12.1 Å². The van der Waals surface area contributed by atoms with Crippen molar-refractivity contribution in [3.05, 3.63) is 107 Å². The molecule has 0 radical (unpaired) electrons. The summed E-state index contributed by atoms with van der Waals surface area (Å²) in [5.74, 6) is -0.285. The lowest BCUT2D eigenvalue weighted by molar-refractivity contribution is 0.0935. The Hall–Kier alpha value is -4.91. The van der Waals surface area contributed by atoms with Crippen molar-refractivity contribution >= 4 is 33.4 Å². The number of carbonyl (C=O) groups is 1. The molecule has 1 aliphatic heterocycles. The number of amides is 1. The minimum atomic E-state index is -1.19. The number of aliphatic hydroxyl groups excluding tert-OH is 1.